The predicted octanol–water partition coefficient (Wildman–Crippen LogP) is 7.84. The van der Waals surface area contributed by atoms with Crippen LogP contribution >= 0.6 is 17.6 Å². The molecule has 7 heteroatoms. The van der Waals surface area contributed by atoms with Crippen LogP contribution in [-0.2, 0) is 21.8 Å². The van der Waals surface area contributed by atoms with E-state index in [0.717, 1.165) is 27.3 Å². The fourth-order valence-corrected chi connectivity index (χ4v) is 10.3. The van der Waals surface area contributed by atoms with Gasteiger partial charge < -0.3 is 0 Å². The third-order valence-corrected chi connectivity index (χ3v) is 13.8. The van der Waals surface area contributed by atoms with Gasteiger partial charge in [0.15, 0.2) is 0 Å². The number of hydrogen-bond acceptors (Lipinski definition) is 3. The molecule has 0 saturated carbocycles. The quantitative estimate of drug-likeness (QED) is 0.172. The fraction of sp³-hybridized carbons (Fsp3) is 0.0588. The summed E-state index contributed by atoms with van der Waals surface area (Å²) < 4.78 is 30.3. The van der Waals surface area contributed by atoms with Crippen LogP contribution < -0.4 is 15.3 Å². The number of aryl methyl sites for hydroxylation is 1. The normalized spacial score (nSPS) is 13.0. The summed E-state index contributed by atoms with van der Waals surface area (Å²) in [6.07, 6.45) is 1.99. The van der Waals surface area contributed by atoms with Crippen LogP contribution in [-0.4, -0.2) is 8.42 Å². The topological polar surface area (TPSA) is 46.2 Å². The van der Waals surface area contributed by atoms with Crippen LogP contribution in [0.3, 0.4) is 0 Å². The Balaban J connectivity index is 1.77. The SMILES string of the molecule is Cc1ccc(S(=O)(=O)N/C(=C\[C@H](c2ccc(Cl)cc2)P(=S)(c2ccccc2)c2ccccc2)c2ccccc2)cc1. The van der Waals surface area contributed by atoms with Crippen molar-refractivity contribution >= 4 is 55.8 Å². The zero-order chi connectivity index (χ0) is 28.9. The molecule has 0 aromatic heterocycles. The first-order valence-corrected chi connectivity index (χ1v) is 17.8. The van der Waals surface area contributed by atoms with Gasteiger partial charge in [0.05, 0.1) is 10.6 Å². The lowest BCUT2D eigenvalue weighted by Gasteiger charge is -2.32. The Labute approximate surface area is 252 Å². The molecule has 0 radical (unpaired) electrons. The molecule has 0 aliphatic rings. The standard InChI is InChI=1S/C34H29ClNO2PS2/c1-26-17-23-32(24-18-26)41(37,38)36-33(27-11-5-2-6-12-27)25-34(28-19-21-29(35)22-20-28)39(40,30-13-7-3-8-14-30)31-15-9-4-10-16-31/h2-25,34,36H,1H3/b33-25-/t34-/m1/s1. The van der Waals surface area contributed by atoms with E-state index in [2.05, 4.69) is 29.0 Å². The second-order valence-corrected chi connectivity index (χ2v) is 16.4. The largest absolute Gasteiger partial charge is 0.279 e. The van der Waals surface area contributed by atoms with Gasteiger partial charge in [-0.1, -0.05) is 144 Å². The Morgan fingerprint density at radius 1 is 0.732 bits per heavy atom. The van der Waals surface area contributed by atoms with Crippen molar-refractivity contribution in [2.45, 2.75) is 17.5 Å². The maximum atomic E-state index is 13.7. The minimum absolute atomic E-state index is 0.193. The van der Waals surface area contributed by atoms with E-state index in [1.165, 1.54) is 0 Å². The first kappa shape index (κ1) is 29.0. The number of rotatable bonds is 9. The van der Waals surface area contributed by atoms with Crippen molar-refractivity contribution in [1.29, 1.82) is 0 Å². The van der Waals surface area contributed by atoms with Gasteiger partial charge in [0.25, 0.3) is 10.0 Å². The van der Waals surface area contributed by atoms with Gasteiger partial charge >= 0.3 is 0 Å². The van der Waals surface area contributed by atoms with Crippen molar-refractivity contribution in [3.8, 4) is 0 Å². The molecule has 1 atom stereocenters. The van der Waals surface area contributed by atoms with Gasteiger partial charge in [-0.3, -0.25) is 4.72 Å². The van der Waals surface area contributed by atoms with E-state index in [1.807, 2.05) is 104 Å². The van der Waals surface area contributed by atoms with Gasteiger partial charge in [0, 0.05) is 16.7 Å². The van der Waals surface area contributed by atoms with Gasteiger partial charge in [-0.25, -0.2) is 8.42 Å². The van der Waals surface area contributed by atoms with E-state index >= 15 is 0 Å². The summed E-state index contributed by atoms with van der Waals surface area (Å²) in [5, 5.41) is 2.69. The molecule has 0 aliphatic carbocycles. The van der Waals surface area contributed by atoms with Crippen LogP contribution in [0.4, 0.5) is 0 Å². The van der Waals surface area contributed by atoms with E-state index in [1.54, 1.807) is 24.3 Å². The molecule has 0 amide bonds. The first-order valence-electron chi connectivity index (χ1n) is 13.1. The van der Waals surface area contributed by atoms with Crippen LogP contribution in [0.1, 0.15) is 22.3 Å². The molecular formula is C34H29ClNO2PS2. The smallest absolute Gasteiger partial charge is 0.261 e. The van der Waals surface area contributed by atoms with E-state index in [9.17, 15) is 8.42 Å². The van der Waals surface area contributed by atoms with Crippen molar-refractivity contribution in [3.63, 3.8) is 0 Å². The number of halogens is 1. The van der Waals surface area contributed by atoms with Gasteiger partial charge in [-0.05, 0) is 59.0 Å². The number of nitrogens with one attached hydrogen (secondary N) is 1. The molecule has 3 nitrogen and oxygen atoms in total. The van der Waals surface area contributed by atoms with Crippen molar-refractivity contribution < 1.29 is 8.42 Å². The summed E-state index contributed by atoms with van der Waals surface area (Å²) in [5.74, 6) is 0. The summed E-state index contributed by atoms with van der Waals surface area (Å²) in [6, 6.07) is 41.6. The number of sulfonamides is 1. The zero-order valence-electron chi connectivity index (χ0n) is 22.4. The van der Waals surface area contributed by atoms with Crippen molar-refractivity contribution in [1.82, 2.24) is 4.72 Å². The Morgan fingerprint density at radius 2 is 1.22 bits per heavy atom. The molecule has 0 unspecified atom stereocenters. The number of hydrogen-bond donors (Lipinski definition) is 1. The van der Waals surface area contributed by atoms with Crippen molar-refractivity contribution in [3.05, 3.63) is 167 Å². The molecular weight excluding hydrogens is 585 g/mol. The summed E-state index contributed by atoms with van der Waals surface area (Å²) in [7, 11) is -3.89. The van der Waals surface area contributed by atoms with E-state index < -0.39 is 16.1 Å². The third-order valence-electron chi connectivity index (χ3n) is 6.87. The maximum absolute atomic E-state index is 13.7. The molecule has 5 aromatic carbocycles. The maximum Gasteiger partial charge on any atom is 0.261 e. The highest BCUT2D eigenvalue weighted by Crippen LogP contribution is 2.59. The zero-order valence-corrected chi connectivity index (χ0v) is 25.7. The molecule has 0 fully saturated rings. The number of benzene rings is 5. The van der Waals surface area contributed by atoms with Gasteiger partial charge in [-0.15, -0.1) is 0 Å². The first-order chi connectivity index (χ1) is 19.8. The highest BCUT2D eigenvalue weighted by molar-refractivity contribution is 8.22. The minimum atomic E-state index is -3.89. The Morgan fingerprint density at radius 3 is 1.73 bits per heavy atom. The van der Waals surface area contributed by atoms with E-state index in [-0.39, 0.29) is 10.6 Å². The second-order valence-electron chi connectivity index (χ2n) is 9.69. The van der Waals surface area contributed by atoms with Crippen LogP contribution in [0.5, 0.6) is 0 Å². The van der Waals surface area contributed by atoms with Crippen LogP contribution in [0.2, 0.25) is 5.02 Å². The third kappa shape index (κ3) is 6.55. The van der Waals surface area contributed by atoms with Crippen LogP contribution in [0.25, 0.3) is 5.70 Å². The molecule has 41 heavy (non-hydrogen) atoms. The summed E-state index contributed by atoms with van der Waals surface area (Å²) >= 11 is 13.1. The molecule has 5 aromatic rings. The Hall–Kier alpha value is -3.47. The molecule has 5 rings (SSSR count). The summed E-state index contributed by atoms with van der Waals surface area (Å²) in [6.45, 7) is 1.93. The van der Waals surface area contributed by atoms with Gasteiger partial charge in [-0.2, -0.15) is 0 Å². The Bertz CT molecular complexity index is 1750. The molecule has 0 heterocycles. The Kier molecular flexibility index (Phi) is 8.91. The predicted molar refractivity (Wildman–Crippen MR) is 177 cm³/mol. The van der Waals surface area contributed by atoms with Crippen LogP contribution in [0.15, 0.2) is 150 Å². The number of allylic oxidation sites excluding steroid dienone is 1. The second kappa shape index (κ2) is 12.6. The van der Waals surface area contributed by atoms with Crippen LogP contribution in [0, 0.1) is 6.92 Å². The lowest BCUT2D eigenvalue weighted by Crippen LogP contribution is -2.25. The lowest BCUT2D eigenvalue weighted by molar-refractivity contribution is 0.591. The monoisotopic (exact) mass is 613 g/mol. The van der Waals surface area contributed by atoms with Gasteiger partial charge in [0.1, 0.15) is 0 Å². The van der Waals surface area contributed by atoms with Crippen molar-refractivity contribution in [2.24, 2.45) is 0 Å². The van der Waals surface area contributed by atoms with E-state index in [0.29, 0.717) is 10.7 Å². The average molecular weight is 614 g/mol. The highest BCUT2D eigenvalue weighted by atomic mass is 35.5. The van der Waals surface area contributed by atoms with Gasteiger partial charge in [0.2, 0.25) is 0 Å². The minimum Gasteiger partial charge on any atom is -0.279 e. The van der Waals surface area contributed by atoms with Crippen molar-refractivity contribution in [2.75, 3.05) is 0 Å². The van der Waals surface area contributed by atoms with E-state index in [4.69, 9.17) is 23.4 Å². The molecule has 1 N–H and O–H groups in total. The average Bonchev–Trinajstić information content (AvgIpc) is 3.01. The molecule has 0 bridgehead atoms. The molecule has 0 saturated heterocycles. The highest BCUT2D eigenvalue weighted by Gasteiger charge is 2.33. The summed E-state index contributed by atoms with van der Waals surface area (Å²) in [5.41, 5.74) is 2.79. The molecule has 0 spiro atoms. The molecule has 206 valence electrons. The lowest BCUT2D eigenvalue weighted by atomic mass is 10.1. The summed E-state index contributed by atoms with van der Waals surface area (Å²) in [4.78, 5) is 0.193. The fourth-order valence-electron chi connectivity index (χ4n) is 4.73. The molecule has 0 aliphatic heterocycles.